The quantitative estimate of drug-likeness (QED) is 0.743. The molecule has 1 aromatic carbocycles. The summed E-state index contributed by atoms with van der Waals surface area (Å²) in [6.45, 7) is 0.489. The van der Waals surface area contributed by atoms with E-state index in [4.69, 9.17) is 4.52 Å². The number of rotatable bonds is 3. The lowest BCUT2D eigenvalue weighted by molar-refractivity contribution is 0.0782. The van der Waals surface area contributed by atoms with Crippen LogP contribution in [0.15, 0.2) is 35.0 Å². The second-order valence-electron chi connectivity index (χ2n) is 6.60. The van der Waals surface area contributed by atoms with Gasteiger partial charge in [0, 0.05) is 43.4 Å². The summed E-state index contributed by atoms with van der Waals surface area (Å²) in [7, 11) is 3.81. The summed E-state index contributed by atoms with van der Waals surface area (Å²) in [4.78, 5) is 14.5. The van der Waals surface area contributed by atoms with Gasteiger partial charge in [0.15, 0.2) is 0 Å². The van der Waals surface area contributed by atoms with Crippen molar-refractivity contribution in [3.8, 4) is 0 Å². The number of carbonyl (C=O) groups is 1. The molecule has 0 aliphatic heterocycles. The summed E-state index contributed by atoms with van der Waals surface area (Å²) in [5.41, 5.74) is 3.87. The van der Waals surface area contributed by atoms with Crippen molar-refractivity contribution in [2.24, 2.45) is 7.05 Å². The molecule has 0 atom stereocenters. The second kappa shape index (κ2) is 5.82. The molecule has 0 fully saturated rings. The minimum absolute atomic E-state index is 0.00524. The maximum absolute atomic E-state index is 12.8. The molecule has 4 rings (SSSR count). The minimum atomic E-state index is 0.00524. The number of aromatic nitrogens is 2. The highest BCUT2D eigenvalue weighted by Gasteiger charge is 2.22. The summed E-state index contributed by atoms with van der Waals surface area (Å²) in [5.74, 6) is 1.01. The van der Waals surface area contributed by atoms with E-state index >= 15 is 0 Å². The van der Waals surface area contributed by atoms with E-state index in [1.807, 2.05) is 43.1 Å². The van der Waals surface area contributed by atoms with Crippen LogP contribution in [0.4, 0.5) is 0 Å². The molecule has 24 heavy (non-hydrogen) atoms. The van der Waals surface area contributed by atoms with Crippen LogP contribution in [0, 0.1) is 0 Å². The zero-order valence-electron chi connectivity index (χ0n) is 14.1. The van der Waals surface area contributed by atoms with E-state index in [2.05, 4.69) is 11.2 Å². The molecule has 124 valence electrons. The number of amides is 1. The van der Waals surface area contributed by atoms with Crippen molar-refractivity contribution < 1.29 is 9.32 Å². The fourth-order valence-corrected chi connectivity index (χ4v) is 3.49. The standard InChI is InChI=1S/C19H21N3O2/c1-21-10-9-13-7-8-14(11-17(13)21)19(23)22(2)12-16-15-5-3-4-6-18(15)24-20-16/h7-11H,3-6,12H2,1-2H3. The van der Waals surface area contributed by atoms with Crippen molar-refractivity contribution in [1.82, 2.24) is 14.6 Å². The van der Waals surface area contributed by atoms with E-state index < -0.39 is 0 Å². The van der Waals surface area contributed by atoms with Crippen LogP contribution in [0.25, 0.3) is 10.9 Å². The molecular formula is C19H21N3O2. The molecule has 2 heterocycles. The summed E-state index contributed by atoms with van der Waals surface area (Å²) in [5, 5.41) is 5.34. The van der Waals surface area contributed by atoms with Gasteiger partial charge in [-0.15, -0.1) is 0 Å². The van der Waals surface area contributed by atoms with Crippen LogP contribution >= 0.6 is 0 Å². The van der Waals surface area contributed by atoms with Gasteiger partial charge in [-0.25, -0.2) is 0 Å². The normalized spacial score (nSPS) is 13.9. The Morgan fingerprint density at radius 2 is 2.12 bits per heavy atom. The molecular weight excluding hydrogens is 302 g/mol. The lowest BCUT2D eigenvalue weighted by atomic mass is 9.96. The Morgan fingerprint density at radius 3 is 3.00 bits per heavy atom. The number of aryl methyl sites for hydroxylation is 2. The topological polar surface area (TPSA) is 51.3 Å². The maximum Gasteiger partial charge on any atom is 0.254 e. The molecule has 0 N–H and O–H groups in total. The molecule has 0 bridgehead atoms. The first kappa shape index (κ1) is 15.0. The zero-order chi connectivity index (χ0) is 16.7. The largest absolute Gasteiger partial charge is 0.361 e. The summed E-state index contributed by atoms with van der Waals surface area (Å²) < 4.78 is 7.47. The fourth-order valence-electron chi connectivity index (χ4n) is 3.49. The molecule has 3 aromatic rings. The molecule has 0 spiro atoms. The molecule has 1 amide bonds. The van der Waals surface area contributed by atoms with Crippen molar-refractivity contribution in [2.45, 2.75) is 32.2 Å². The summed E-state index contributed by atoms with van der Waals surface area (Å²) >= 11 is 0. The molecule has 0 saturated heterocycles. The van der Waals surface area contributed by atoms with Crippen LogP contribution in [0.2, 0.25) is 0 Å². The van der Waals surface area contributed by atoms with Crippen molar-refractivity contribution in [3.05, 3.63) is 53.0 Å². The van der Waals surface area contributed by atoms with Crippen LogP contribution < -0.4 is 0 Å². The highest BCUT2D eigenvalue weighted by molar-refractivity contribution is 5.97. The van der Waals surface area contributed by atoms with Gasteiger partial charge in [-0.1, -0.05) is 11.2 Å². The van der Waals surface area contributed by atoms with Crippen LogP contribution in [-0.2, 0) is 26.4 Å². The smallest absolute Gasteiger partial charge is 0.254 e. The number of benzene rings is 1. The van der Waals surface area contributed by atoms with Gasteiger partial charge in [0.05, 0.1) is 6.54 Å². The van der Waals surface area contributed by atoms with Crippen LogP contribution in [0.5, 0.6) is 0 Å². The molecule has 5 heteroatoms. The molecule has 0 saturated carbocycles. The Hall–Kier alpha value is -2.56. The minimum Gasteiger partial charge on any atom is -0.361 e. The van der Waals surface area contributed by atoms with Crippen LogP contribution in [-0.4, -0.2) is 27.6 Å². The Morgan fingerprint density at radius 1 is 1.29 bits per heavy atom. The van der Waals surface area contributed by atoms with E-state index in [1.165, 1.54) is 12.0 Å². The predicted octanol–water partition coefficient (Wildman–Crippen LogP) is 3.32. The first-order valence-electron chi connectivity index (χ1n) is 8.40. The maximum atomic E-state index is 12.8. The Kier molecular flexibility index (Phi) is 3.63. The fraction of sp³-hybridized carbons (Fsp3) is 0.368. The predicted molar refractivity (Wildman–Crippen MR) is 91.9 cm³/mol. The highest BCUT2D eigenvalue weighted by Crippen LogP contribution is 2.25. The van der Waals surface area contributed by atoms with E-state index in [-0.39, 0.29) is 5.91 Å². The van der Waals surface area contributed by atoms with Crippen molar-refractivity contribution in [2.75, 3.05) is 7.05 Å². The van der Waals surface area contributed by atoms with Crippen LogP contribution in [0.3, 0.4) is 0 Å². The van der Waals surface area contributed by atoms with Crippen molar-refractivity contribution >= 4 is 16.8 Å². The van der Waals surface area contributed by atoms with E-state index in [0.29, 0.717) is 12.1 Å². The van der Waals surface area contributed by atoms with Crippen molar-refractivity contribution in [3.63, 3.8) is 0 Å². The third-order valence-corrected chi connectivity index (χ3v) is 4.90. The molecule has 1 aliphatic rings. The van der Waals surface area contributed by atoms with Gasteiger partial charge in [-0.2, -0.15) is 0 Å². The average molecular weight is 323 g/mol. The monoisotopic (exact) mass is 323 g/mol. The number of carbonyl (C=O) groups excluding carboxylic acids is 1. The number of nitrogens with zero attached hydrogens (tertiary/aromatic N) is 3. The lowest BCUT2D eigenvalue weighted by Crippen LogP contribution is -2.27. The van der Waals surface area contributed by atoms with E-state index in [1.54, 1.807) is 4.90 Å². The average Bonchev–Trinajstić information content (AvgIpc) is 3.18. The molecule has 5 nitrogen and oxygen atoms in total. The molecule has 2 aromatic heterocycles. The van der Waals surface area contributed by atoms with Gasteiger partial charge in [0.25, 0.3) is 5.91 Å². The second-order valence-corrected chi connectivity index (χ2v) is 6.60. The highest BCUT2D eigenvalue weighted by atomic mass is 16.5. The van der Waals surface area contributed by atoms with E-state index in [9.17, 15) is 4.79 Å². The summed E-state index contributed by atoms with van der Waals surface area (Å²) in [6.07, 6.45) is 6.30. The van der Waals surface area contributed by atoms with Gasteiger partial charge in [0.1, 0.15) is 11.5 Å². The SMILES string of the molecule is CN(Cc1noc2c1CCCC2)C(=O)c1ccc2ccn(C)c2c1. The van der Waals surface area contributed by atoms with Gasteiger partial charge in [-0.05, 0) is 42.8 Å². The molecule has 0 radical (unpaired) electrons. The number of fused-ring (bicyclic) bond motifs is 2. The Bertz CT molecular complexity index is 907. The Labute approximate surface area is 140 Å². The Balaban J connectivity index is 1.56. The van der Waals surface area contributed by atoms with Gasteiger partial charge in [0.2, 0.25) is 0 Å². The summed E-state index contributed by atoms with van der Waals surface area (Å²) in [6, 6.07) is 7.88. The third-order valence-electron chi connectivity index (χ3n) is 4.90. The first-order chi connectivity index (χ1) is 11.6. The lowest BCUT2D eigenvalue weighted by Gasteiger charge is -2.17. The third kappa shape index (κ3) is 2.50. The van der Waals surface area contributed by atoms with Crippen molar-refractivity contribution in [1.29, 1.82) is 0 Å². The van der Waals surface area contributed by atoms with Gasteiger partial charge in [-0.3, -0.25) is 4.79 Å². The number of hydrogen-bond acceptors (Lipinski definition) is 3. The van der Waals surface area contributed by atoms with Crippen LogP contribution in [0.1, 0.15) is 40.2 Å². The zero-order valence-corrected chi connectivity index (χ0v) is 14.1. The molecule has 0 unspecified atom stereocenters. The molecule has 1 aliphatic carbocycles. The first-order valence-corrected chi connectivity index (χ1v) is 8.40. The van der Waals surface area contributed by atoms with E-state index in [0.717, 1.165) is 41.6 Å². The van der Waals surface area contributed by atoms with Gasteiger partial charge >= 0.3 is 0 Å². The number of hydrogen-bond donors (Lipinski definition) is 0. The van der Waals surface area contributed by atoms with Gasteiger partial charge < -0.3 is 14.0 Å².